The molecule has 0 aliphatic heterocycles. The van der Waals surface area contributed by atoms with Crippen LogP contribution in [-0.2, 0) is 4.79 Å². The molecule has 1 saturated carbocycles. The minimum atomic E-state index is -0.314. The first-order valence-electron chi connectivity index (χ1n) is 7.57. The quantitative estimate of drug-likeness (QED) is 0.687. The molecule has 0 radical (unpaired) electrons. The molecule has 2 rings (SSSR count). The second-order valence-electron chi connectivity index (χ2n) is 5.75. The minimum absolute atomic E-state index is 0.0995. The maximum atomic E-state index is 12.3. The van der Waals surface area contributed by atoms with Crippen molar-refractivity contribution in [2.45, 2.75) is 38.6 Å². The van der Waals surface area contributed by atoms with Crippen molar-refractivity contribution >= 4 is 12.0 Å². The number of amides is 1. The van der Waals surface area contributed by atoms with Crippen LogP contribution in [0.1, 0.15) is 43.7 Å². The Morgan fingerprint density at radius 1 is 1.23 bits per heavy atom. The van der Waals surface area contributed by atoms with Crippen molar-refractivity contribution in [2.24, 2.45) is 5.92 Å². The van der Waals surface area contributed by atoms with Crippen molar-refractivity contribution in [3.05, 3.63) is 41.0 Å². The highest BCUT2D eigenvalue weighted by atomic mass is 16.1. The molecule has 1 aliphatic rings. The SMILES string of the molecule is C[C@@H]1CCCC[C@@H]1NC(=O)/C(C#N)=C/c1ccc(C#N)cc1. The summed E-state index contributed by atoms with van der Waals surface area (Å²) in [6, 6.07) is 11.0. The lowest BCUT2D eigenvalue weighted by atomic mass is 9.86. The third-order valence-corrected chi connectivity index (χ3v) is 4.14. The van der Waals surface area contributed by atoms with E-state index in [1.807, 2.05) is 12.1 Å². The summed E-state index contributed by atoms with van der Waals surface area (Å²) in [6.45, 7) is 2.14. The van der Waals surface area contributed by atoms with E-state index >= 15 is 0 Å². The van der Waals surface area contributed by atoms with E-state index in [1.54, 1.807) is 30.3 Å². The van der Waals surface area contributed by atoms with Crippen molar-refractivity contribution in [1.29, 1.82) is 10.5 Å². The lowest BCUT2D eigenvalue weighted by Gasteiger charge is -2.29. The van der Waals surface area contributed by atoms with Gasteiger partial charge in [-0.1, -0.05) is 31.9 Å². The van der Waals surface area contributed by atoms with Gasteiger partial charge in [0.15, 0.2) is 0 Å². The van der Waals surface area contributed by atoms with Crippen LogP contribution in [-0.4, -0.2) is 11.9 Å². The van der Waals surface area contributed by atoms with Gasteiger partial charge in [-0.3, -0.25) is 4.79 Å². The maximum Gasteiger partial charge on any atom is 0.262 e. The molecule has 4 nitrogen and oxygen atoms in total. The maximum absolute atomic E-state index is 12.3. The molecule has 1 aromatic rings. The lowest BCUT2D eigenvalue weighted by Crippen LogP contribution is -2.41. The number of nitrogens with zero attached hydrogens (tertiary/aromatic N) is 2. The highest BCUT2D eigenvalue weighted by molar-refractivity contribution is 6.01. The zero-order valence-electron chi connectivity index (χ0n) is 12.7. The first-order valence-corrected chi connectivity index (χ1v) is 7.57. The topological polar surface area (TPSA) is 76.7 Å². The summed E-state index contributed by atoms with van der Waals surface area (Å²) >= 11 is 0. The van der Waals surface area contributed by atoms with Gasteiger partial charge in [0, 0.05) is 6.04 Å². The van der Waals surface area contributed by atoms with Crippen molar-refractivity contribution < 1.29 is 4.79 Å². The molecular weight excluding hydrogens is 274 g/mol. The van der Waals surface area contributed by atoms with Gasteiger partial charge in [0.2, 0.25) is 0 Å². The van der Waals surface area contributed by atoms with Gasteiger partial charge in [-0.25, -0.2) is 0 Å². The molecule has 1 N–H and O–H groups in total. The first kappa shape index (κ1) is 15.8. The number of rotatable bonds is 3. The van der Waals surface area contributed by atoms with Gasteiger partial charge in [0.25, 0.3) is 5.91 Å². The molecule has 112 valence electrons. The second-order valence-corrected chi connectivity index (χ2v) is 5.75. The van der Waals surface area contributed by atoms with Crippen LogP contribution in [0, 0.1) is 28.6 Å². The van der Waals surface area contributed by atoms with Gasteiger partial charge in [0.1, 0.15) is 11.6 Å². The van der Waals surface area contributed by atoms with Crippen molar-refractivity contribution in [3.63, 3.8) is 0 Å². The third kappa shape index (κ3) is 3.96. The lowest BCUT2D eigenvalue weighted by molar-refractivity contribution is -0.118. The van der Waals surface area contributed by atoms with Gasteiger partial charge in [-0.15, -0.1) is 0 Å². The normalized spacial score (nSPS) is 21.5. The summed E-state index contributed by atoms with van der Waals surface area (Å²) in [5.74, 6) is 0.137. The monoisotopic (exact) mass is 293 g/mol. The van der Waals surface area contributed by atoms with Crippen LogP contribution in [0.2, 0.25) is 0 Å². The van der Waals surface area contributed by atoms with Gasteiger partial charge in [-0.2, -0.15) is 10.5 Å². The Balaban J connectivity index is 2.09. The average Bonchev–Trinajstić information content (AvgIpc) is 2.55. The van der Waals surface area contributed by atoms with E-state index in [-0.39, 0.29) is 17.5 Å². The molecule has 4 heteroatoms. The molecule has 0 saturated heterocycles. The van der Waals surface area contributed by atoms with Crippen molar-refractivity contribution in [2.75, 3.05) is 0 Å². The van der Waals surface area contributed by atoms with Crippen LogP contribution in [0.4, 0.5) is 0 Å². The van der Waals surface area contributed by atoms with Gasteiger partial charge < -0.3 is 5.32 Å². The standard InChI is InChI=1S/C18H19N3O/c1-13-4-2-3-5-17(13)21-18(22)16(12-20)10-14-6-8-15(11-19)9-7-14/h6-10,13,17H,2-5H2,1H3,(H,21,22)/b16-10+/t13-,17+/m1/s1. The van der Waals surface area contributed by atoms with Crippen LogP contribution in [0.3, 0.4) is 0 Å². The van der Waals surface area contributed by atoms with Crippen LogP contribution >= 0.6 is 0 Å². The van der Waals surface area contributed by atoms with Gasteiger partial charge >= 0.3 is 0 Å². The Morgan fingerprint density at radius 2 is 1.91 bits per heavy atom. The molecule has 1 fully saturated rings. The number of nitrogens with one attached hydrogen (secondary N) is 1. The van der Waals surface area contributed by atoms with Crippen molar-refractivity contribution in [3.8, 4) is 12.1 Å². The first-order chi connectivity index (χ1) is 10.6. The molecule has 0 aromatic heterocycles. The number of benzene rings is 1. The van der Waals surface area contributed by atoms with E-state index in [0.717, 1.165) is 24.8 Å². The Bertz CT molecular complexity index is 646. The molecular formula is C18H19N3O. The molecule has 0 bridgehead atoms. The molecule has 1 aromatic carbocycles. The molecule has 0 spiro atoms. The van der Waals surface area contributed by atoms with Crippen LogP contribution in [0.15, 0.2) is 29.8 Å². The fourth-order valence-corrected chi connectivity index (χ4v) is 2.75. The predicted molar refractivity (Wildman–Crippen MR) is 84.3 cm³/mol. The van der Waals surface area contributed by atoms with Crippen LogP contribution < -0.4 is 5.32 Å². The third-order valence-electron chi connectivity index (χ3n) is 4.14. The fourth-order valence-electron chi connectivity index (χ4n) is 2.75. The van der Waals surface area contributed by atoms with Crippen molar-refractivity contribution in [1.82, 2.24) is 5.32 Å². The summed E-state index contributed by atoms with van der Waals surface area (Å²) in [4.78, 5) is 12.3. The molecule has 2 atom stereocenters. The van der Waals surface area contributed by atoms with E-state index in [0.29, 0.717) is 11.5 Å². The van der Waals surface area contributed by atoms with E-state index in [9.17, 15) is 10.1 Å². The summed E-state index contributed by atoms with van der Waals surface area (Å²) in [5, 5.41) is 21.0. The highest BCUT2D eigenvalue weighted by Crippen LogP contribution is 2.24. The zero-order valence-corrected chi connectivity index (χ0v) is 12.7. The number of hydrogen-bond acceptors (Lipinski definition) is 3. The molecule has 22 heavy (non-hydrogen) atoms. The van der Waals surface area contributed by atoms with E-state index < -0.39 is 0 Å². The Kier molecular flexibility index (Phi) is 5.33. The van der Waals surface area contributed by atoms with Gasteiger partial charge in [-0.05, 0) is 42.5 Å². The average molecular weight is 293 g/mol. The Morgan fingerprint density at radius 3 is 2.50 bits per heavy atom. The Labute approximate surface area is 131 Å². The fraction of sp³-hybridized carbons (Fsp3) is 0.389. The molecule has 0 heterocycles. The van der Waals surface area contributed by atoms with E-state index in [4.69, 9.17) is 5.26 Å². The van der Waals surface area contributed by atoms with E-state index in [2.05, 4.69) is 12.2 Å². The number of carbonyl (C=O) groups excluding carboxylic acids is 1. The highest BCUT2D eigenvalue weighted by Gasteiger charge is 2.23. The molecule has 1 aliphatic carbocycles. The predicted octanol–water partition coefficient (Wildman–Crippen LogP) is 3.16. The largest absolute Gasteiger partial charge is 0.348 e. The summed E-state index contributed by atoms with van der Waals surface area (Å²) < 4.78 is 0. The van der Waals surface area contributed by atoms with Gasteiger partial charge in [0.05, 0.1) is 11.6 Å². The molecule has 0 unspecified atom stereocenters. The van der Waals surface area contributed by atoms with Crippen LogP contribution in [0.25, 0.3) is 6.08 Å². The zero-order chi connectivity index (χ0) is 15.9. The number of nitriles is 2. The summed E-state index contributed by atoms with van der Waals surface area (Å²) in [5.41, 5.74) is 1.39. The van der Waals surface area contributed by atoms with E-state index in [1.165, 1.54) is 6.42 Å². The van der Waals surface area contributed by atoms with Crippen LogP contribution in [0.5, 0.6) is 0 Å². The number of hydrogen-bond donors (Lipinski definition) is 1. The number of carbonyl (C=O) groups is 1. The Hall–Kier alpha value is -2.59. The molecule has 1 amide bonds. The summed E-state index contributed by atoms with van der Waals surface area (Å²) in [6.07, 6.45) is 5.98. The smallest absolute Gasteiger partial charge is 0.262 e. The minimum Gasteiger partial charge on any atom is -0.348 e. The summed E-state index contributed by atoms with van der Waals surface area (Å²) in [7, 11) is 0. The second kappa shape index (κ2) is 7.43.